The summed E-state index contributed by atoms with van der Waals surface area (Å²) in [6, 6.07) is 19.6. The van der Waals surface area contributed by atoms with Gasteiger partial charge in [0.25, 0.3) is 0 Å². The fraction of sp³-hybridized carbons (Fsp3) is 0.138. The molecule has 0 N–H and O–H groups in total. The van der Waals surface area contributed by atoms with Gasteiger partial charge in [-0.15, -0.1) is 0 Å². The van der Waals surface area contributed by atoms with Gasteiger partial charge >= 0.3 is 29.6 Å². The van der Waals surface area contributed by atoms with Gasteiger partial charge in [0.1, 0.15) is 6.10 Å². The summed E-state index contributed by atoms with van der Waals surface area (Å²) in [6.07, 6.45) is 9.20. The Morgan fingerprint density at radius 1 is 1.08 bits per heavy atom. The van der Waals surface area contributed by atoms with Crippen LogP contribution in [-0.2, 0) is 9.53 Å². The van der Waals surface area contributed by atoms with Crippen LogP contribution in [0.25, 0.3) is 35.2 Å². The smallest absolute Gasteiger partial charge is 0.550 e. The van der Waals surface area contributed by atoms with E-state index < -0.39 is 18.0 Å². The minimum Gasteiger partial charge on any atom is -0.550 e. The maximum absolute atomic E-state index is 11.3. The number of carbonyl (C=O) groups excluding carboxylic acids is 1. The maximum atomic E-state index is 11.3. The first-order valence-corrected chi connectivity index (χ1v) is 11.7. The largest absolute Gasteiger partial charge is 1.00 e. The molecule has 0 saturated heterocycles. The van der Waals surface area contributed by atoms with Crippen LogP contribution in [0.2, 0.25) is 5.02 Å². The second-order valence-electron chi connectivity index (χ2n) is 8.54. The van der Waals surface area contributed by atoms with E-state index in [0.29, 0.717) is 5.02 Å². The van der Waals surface area contributed by atoms with Gasteiger partial charge in [0.2, 0.25) is 0 Å². The number of aromatic nitrogens is 2. The summed E-state index contributed by atoms with van der Waals surface area (Å²) in [6.45, 7) is 1.61. The van der Waals surface area contributed by atoms with Gasteiger partial charge in [-0.2, -0.15) is 0 Å². The average Bonchev–Trinajstić information content (AvgIpc) is 3.02. The van der Waals surface area contributed by atoms with E-state index >= 15 is 0 Å². The number of hydrogen-bond acceptors (Lipinski definition) is 5. The zero-order valence-corrected chi connectivity index (χ0v) is 22.8. The molecule has 0 amide bonds. The van der Waals surface area contributed by atoms with Crippen LogP contribution in [0, 0.1) is 5.92 Å². The van der Waals surface area contributed by atoms with Gasteiger partial charge < -0.3 is 14.6 Å². The Kier molecular flexibility index (Phi) is 8.39. The Hall–Kier alpha value is -2.80. The number of carboxylic acid groups (broad SMARTS) is 1. The van der Waals surface area contributed by atoms with Crippen LogP contribution in [0.1, 0.15) is 46.7 Å². The van der Waals surface area contributed by atoms with E-state index in [1.165, 1.54) is 0 Å². The van der Waals surface area contributed by atoms with E-state index in [2.05, 4.69) is 16.0 Å². The molecule has 0 radical (unpaired) electrons. The standard InChI is InChI=1S/C29H23ClN2O3.Na/c1-18(29(33)34)17-35-28-24-3-2-14-31-26(24)13-9-20-6-4-19(15-25(20)28)5-11-23-12-8-21-7-10-22(30)16-27(21)32-23;/h2-16,18,28H,17H2,1H3,(H,33,34);/q;+1/p-1/b11-5+;. The van der Waals surface area contributed by atoms with E-state index in [4.69, 9.17) is 16.3 Å². The van der Waals surface area contributed by atoms with Crippen LogP contribution in [-0.4, -0.2) is 22.5 Å². The Morgan fingerprint density at radius 3 is 2.75 bits per heavy atom. The van der Waals surface area contributed by atoms with E-state index in [9.17, 15) is 9.90 Å². The Morgan fingerprint density at radius 2 is 1.92 bits per heavy atom. The topological polar surface area (TPSA) is 75.1 Å². The van der Waals surface area contributed by atoms with Gasteiger partial charge in [0.05, 0.1) is 23.5 Å². The van der Waals surface area contributed by atoms with Crippen molar-refractivity contribution in [2.45, 2.75) is 13.0 Å². The zero-order valence-electron chi connectivity index (χ0n) is 20.0. The fourth-order valence-corrected chi connectivity index (χ4v) is 4.24. The summed E-state index contributed by atoms with van der Waals surface area (Å²) >= 11 is 6.12. The van der Waals surface area contributed by atoms with Crippen LogP contribution in [0.4, 0.5) is 0 Å². The minimum atomic E-state index is -1.13. The zero-order chi connectivity index (χ0) is 24.4. The van der Waals surface area contributed by atoms with E-state index in [1.807, 2.05) is 78.9 Å². The van der Waals surface area contributed by atoms with Crippen molar-refractivity contribution in [3.05, 3.63) is 106 Å². The van der Waals surface area contributed by atoms with Crippen molar-refractivity contribution < 1.29 is 44.2 Å². The Bertz CT molecular complexity index is 1480. The summed E-state index contributed by atoms with van der Waals surface area (Å²) < 4.78 is 6.17. The number of ether oxygens (including phenoxy) is 1. The molecule has 0 fully saturated rings. The molecular weight excluding hydrogens is 483 g/mol. The predicted molar refractivity (Wildman–Crippen MR) is 137 cm³/mol. The first kappa shape index (κ1) is 26.3. The maximum Gasteiger partial charge on any atom is 1.00 e. The van der Waals surface area contributed by atoms with Crippen LogP contribution in [0.15, 0.2) is 66.9 Å². The summed E-state index contributed by atoms with van der Waals surface area (Å²) in [4.78, 5) is 20.4. The summed E-state index contributed by atoms with van der Waals surface area (Å²) in [7, 11) is 0. The van der Waals surface area contributed by atoms with Crippen molar-refractivity contribution >= 4 is 52.8 Å². The first-order valence-electron chi connectivity index (χ1n) is 11.3. The van der Waals surface area contributed by atoms with E-state index in [1.54, 1.807) is 13.1 Å². The third kappa shape index (κ3) is 5.77. The molecule has 2 atom stereocenters. The van der Waals surface area contributed by atoms with Gasteiger partial charge in [-0.3, -0.25) is 4.98 Å². The number of benzene rings is 2. The quantitative estimate of drug-likeness (QED) is 0.377. The number of pyridine rings is 2. The second kappa shape index (κ2) is 11.5. The number of aliphatic carboxylic acids is 1. The molecule has 0 spiro atoms. The second-order valence-corrected chi connectivity index (χ2v) is 8.98. The van der Waals surface area contributed by atoms with Crippen LogP contribution < -0.4 is 34.7 Å². The molecule has 1 aliphatic carbocycles. The van der Waals surface area contributed by atoms with Crippen molar-refractivity contribution in [1.82, 2.24) is 9.97 Å². The van der Waals surface area contributed by atoms with Gasteiger partial charge in [-0.05, 0) is 59.2 Å². The molecule has 2 aromatic heterocycles. The third-order valence-electron chi connectivity index (χ3n) is 6.01. The summed E-state index contributed by atoms with van der Waals surface area (Å²) in [5, 5.41) is 12.9. The van der Waals surface area contributed by atoms with Gasteiger partial charge in [0, 0.05) is 34.1 Å². The van der Waals surface area contributed by atoms with Gasteiger partial charge in [-0.1, -0.05) is 61.0 Å². The third-order valence-corrected chi connectivity index (χ3v) is 6.24. The molecule has 2 heterocycles. The monoisotopic (exact) mass is 504 g/mol. The van der Waals surface area contributed by atoms with E-state index in [-0.39, 0.29) is 36.2 Å². The SMILES string of the molecule is CC(COC1c2cc(/C=C/c3ccc4ccc(Cl)cc4n3)ccc2C=Cc2ncccc21)C(=O)[O-].[Na+]. The van der Waals surface area contributed by atoms with Gasteiger partial charge in [-0.25, -0.2) is 4.98 Å². The molecule has 2 aromatic carbocycles. The number of nitrogens with zero attached hydrogens (tertiary/aromatic N) is 2. The number of carbonyl (C=O) groups is 1. The van der Waals surface area contributed by atoms with Crippen LogP contribution in [0.5, 0.6) is 0 Å². The molecule has 36 heavy (non-hydrogen) atoms. The molecule has 0 bridgehead atoms. The molecule has 174 valence electrons. The molecular formula is C29H22ClN2NaO3. The van der Waals surface area contributed by atoms with Crippen molar-refractivity contribution in [2.24, 2.45) is 5.92 Å². The first-order chi connectivity index (χ1) is 17.0. The van der Waals surface area contributed by atoms with Crippen molar-refractivity contribution in [1.29, 1.82) is 0 Å². The molecule has 0 aliphatic heterocycles. The number of halogens is 1. The molecule has 5 rings (SSSR count). The molecule has 4 aromatic rings. The predicted octanol–water partition coefficient (Wildman–Crippen LogP) is 2.43. The summed E-state index contributed by atoms with van der Waals surface area (Å²) in [5.41, 5.74) is 6.25. The fourth-order valence-electron chi connectivity index (χ4n) is 4.07. The molecule has 0 saturated carbocycles. The van der Waals surface area contributed by atoms with Crippen molar-refractivity contribution in [3.8, 4) is 0 Å². The Labute approximate surface area is 236 Å². The average molecular weight is 505 g/mol. The molecule has 7 heteroatoms. The number of rotatable bonds is 6. The van der Waals surface area contributed by atoms with Gasteiger partial charge in [0.15, 0.2) is 0 Å². The Balaban J connectivity index is 0.00000304. The number of fused-ring (bicyclic) bond motifs is 3. The van der Waals surface area contributed by atoms with Crippen molar-refractivity contribution in [2.75, 3.05) is 6.61 Å². The van der Waals surface area contributed by atoms with Crippen LogP contribution >= 0.6 is 11.6 Å². The van der Waals surface area contributed by atoms with Crippen molar-refractivity contribution in [3.63, 3.8) is 0 Å². The normalized spacial score (nSPS) is 15.1. The molecule has 5 nitrogen and oxygen atoms in total. The number of carboxylic acids is 1. The van der Waals surface area contributed by atoms with Crippen LogP contribution in [0.3, 0.4) is 0 Å². The van der Waals surface area contributed by atoms with E-state index in [0.717, 1.165) is 44.5 Å². The molecule has 1 aliphatic rings. The summed E-state index contributed by atoms with van der Waals surface area (Å²) in [5.74, 6) is -1.87. The minimum absolute atomic E-state index is 0. The molecule has 2 unspecified atom stereocenters. The number of hydrogen-bond donors (Lipinski definition) is 0.